The van der Waals surface area contributed by atoms with Crippen LogP contribution in [0.3, 0.4) is 0 Å². The largest absolute Gasteiger partial charge is 0.466 e. The van der Waals surface area contributed by atoms with Crippen LogP contribution >= 0.6 is 0 Å². The second kappa shape index (κ2) is 10.8. The highest BCUT2D eigenvalue weighted by molar-refractivity contribution is 6.69. The number of rotatable bonds is 11. The van der Waals surface area contributed by atoms with Crippen molar-refractivity contribution in [3.05, 3.63) is 0 Å². The fraction of sp³-hybridized carbons (Fsp3) is 0.857. The molecule has 124 valence electrons. The van der Waals surface area contributed by atoms with Crippen LogP contribution in [0.2, 0.25) is 19.6 Å². The van der Waals surface area contributed by atoms with Gasteiger partial charge in [-0.1, -0.05) is 0 Å². The van der Waals surface area contributed by atoms with Crippen LogP contribution in [-0.4, -0.2) is 52.7 Å². The molecule has 0 aromatic rings. The molecule has 0 radical (unpaired) electrons. The lowest BCUT2D eigenvalue weighted by molar-refractivity contribution is -0.152. The molecule has 0 saturated carbocycles. The molecular weight excluding hydrogens is 290 g/mol. The lowest BCUT2D eigenvalue weighted by Gasteiger charge is -2.19. The summed E-state index contributed by atoms with van der Waals surface area (Å²) >= 11 is 0. The molecule has 6 nitrogen and oxygen atoms in total. The summed E-state index contributed by atoms with van der Waals surface area (Å²) in [5, 5.41) is 3.04. The molecule has 0 saturated heterocycles. The fourth-order valence-electron chi connectivity index (χ4n) is 1.60. The zero-order chi connectivity index (χ0) is 16.3. The van der Waals surface area contributed by atoms with Crippen molar-refractivity contribution in [2.24, 2.45) is 0 Å². The Morgan fingerprint density at radius 3 is 2.24 bits per heavy atom. The van der Waals surface area contributed by atoms with Gasteiger partial charge >= 0.3 is 11.9 Å². The monoisotopic (exact) mass is 319 g/mol. The number of nitrogens with one attached hydrogen (secondary N) is 1. The first-order valence-corrected chi connectivity index (χ1v) is 10.9. The first kappa shape index (κ1) is 20.1. The average molecular weight is 319 g/mol. The van der Waals surface area contributed by atoms with Crippen LogP contribution in [0.4, 0.5) is 0 Å². The SMILES string of the molecule is CCOC(=O)CC(NCCCO[Si](C)(C)C)C(=O)OCC. The summed E-state index contributed by atoms with van der Waals surface area (Å²) in [5.41, 5.74) is 0. The Morgan fingerprint density at radius 2 is 1.71 bits per heavy atom. The van der Waals surface area contributed by atoms with Gasteiger partial charge in [0.1, 0.15) is 6.04 Å². The summed E-state index contributed by atoms with van der Waals surface area (Å²) in [6.07, 6.45) is 0.768. The maximum absolute atomic E-state index is 11.8. The summed E-state index contributed by atoms with van der Waals surface area (Å²) in [6, 6.07) is -0.657. The maximum atomic E-state index is 11.8. The van der Waals surface area contributed by atoms with Gasteiger partial charge in [-0.3, -0.25) is 9.59 Å². The highest BCUT2D eigenvalue weighted by atomic mass is 28.4. The smallest absolute Gasteiger partial charge is 0.323 e. The van der Waals surface area contributed by atoms with Gasteiger partial charge < -0.3 is 19.2 Å². The molecule has 0 aromatic carbocycles. The van der Waals surface area contributed by atoms with Crippen LogP contribution in [0.15, 0.2) is 0 Å². The van der Waals surface area contributed by atoms with Crippen molar-refractivity contribution in [1.82, 2.24) is 5.32 Å². The van der Waals surface area contributed by atoms with Crippen molar-refractivity contribution in [3.8, 4) is 0 Å². The first-order chi connectivity index (χ1) is 9.80. The number of carbonyl (C=O) groups excluding carboxylic acids is 2. The Bertz CT molecular complexity index is 317. The van der Waals surface area contributed by atoms with E-state index in [1.54, 1.807) is 13.8 Å². The van der Waals surface area contributed by atoms with E-state index in [1.807, 2.05) is 0 Å². The van der Waals surface area contributed by atoms with Crippen LogP contribution < -0.4 is 5.32 Å². The number of carbonyl (C=O) groups is 2. The van der Waals surface area contributed by atoms with Crippen molar-refractivity contribution in [2.75, 3.05) is 26.4 Å². The molecule has 0 aliphatic rings. The first-order valence-electron chi connectivity index (χ1n) is 7.49. The van der Waals surface area contributed by atoms with Crippen LogP contribution in [0, 0.1) is 0 Å². The average Bonchev–Trinajstić information content (AvgIpc) is 2.36. The van der Waals surface area contributed by atoms with E-state index in [0.717, 1.165) is 6.42 Å². The lowest BCUT2D eigenvalue weighted by atomic mass is 10.2. The molecule has 0 rings (SSSR count). The lowest BCUT2D eigenvalue weighted by Crippen LogP contribution is -2.41. The van der Waals surface area contributed by atoms with Crippen LogP contribution in [-0.2, 0) is 23.5 Å². The van der Waals surface area contributed by atoms with Crippen molar-refractivity contribution in [2.45, 2.75) is 52.4 Å². The highest BCUT2D eigenvalue weighted by Gasteiger charge is 2.23. The van der Waals surface area contributed by atoms with Crippen molar-refractivity contribution in [1.29, 1.82) is 0 Å². The van der Waals surface area contributed by atoms with Crippen molar-refractivity contribution < 1.29 is 23.5 Å². The highest BCUT2D eigenvalue weighted by Crippen LogP contribution is 2.03. The molecule has 0 aromatic heterocycles. The minimum atomic E-state index is -1.50. The standard InChI is InChI=1S/C14H29NO5Si/c1-6-18-13(16)11-12(14(17)19-7-2)15-9-8-10-20-21(3,4)5/h12,15H,6-11H2,1-5H3. The molecule has 0 aliphatic heterocycles. The zero-order valence-corrected chi connectivity index (χ0v) is 14.9. The zero-order valence-electron chi connectivity index (χ0n) is 13.9. The summed E-state index contributed by atoms with van der Waals surface area (Å²) in [5.74, 6) is -0.821. The van der Waals surface area contributed by atoms with Gasteiger partial charge in [-0.2, -0.15) is 0 Å². The van der Waals surface area contributed by atoms with Gasteiger partial charge in [-0.25, -0.2) is 0 Å². The van der Waals surface area contributed by atoms with Crippen molar-refractivity contribution in [3.63, 3.8) is 0 Å². The van der Waals surface area contributed by atoms with Gasteiger partial charge in [0.25, 0.3) is 0 Å². The Hall–Kier alpha value is -0.923. The van der Waals surface area contributed by atoms with E-state index in [9.17, 15) is 9.59 Å². The third-order valence-corrected chi connectivity index (χ3v) is 3.56. The quantitative estimate of drug-likeness (QED) is 0.355. The summed E-state index contributed by atoms with van der Waals surface area (Å²) in [4.78, 5) is 23.3. The molecule has 1 N–H and O–H groups in total. The predicted molar refractivity (Wildman–Crippen MR) is 83.6 cm³/mol. The van der Waals surface area contributed by atoms with Gasteiger partial charge in [0, 0.05) is 6.61 Å². The van der Waals surface area contributed by atoms with Crippen molar-refractivity contribution >= 4 is 20.3 Å². The molecule has 0 spiro atoms. The maximum Gasteiger partial charge on any atom is 0.323 e. The fourth-order valence-corrected chi connectivity index (χ4v) is 2.35. The number of esters is 2. The van der Waals surface area contributed by atoms with Gasteiger partial charge in [0.15, 0.2) is 8.32 Å². The van der Waals surface area contributed by atoms with Gasteiger partial charge in [0.05, 0.1) is 19.6 Å². The molecule has 0 heterocycles. The number of ether oxygens (including phenoxy) is 2. The van der Waals surface area contributed by atoms with Gasteiger partial charge in [0.2, 0.25) is 0 Å². The second-order valence-corrected chi connectivity index (χ2v) is 10.1. The van der Waals surface area contributed by atoms with E-state index in [-0.39, 0.29) is 6.42 Å². The molecular formula is C14H29NO5Si. The molecule has 21 heavy (non-hydrogen) atoms. The van der Waals surface area contributed by atoms with E-state index < -0.39 is 26.3 Å². The third kappa shape index (κ3) is 11.4. The molecule has 1 unspecified atom stereocenters. The Kier molecular flexibility index (Phi) is 10.3. The minimum Gasteiger partial charge on any atom is -0.466 e. The van der Waals surface area contributed by atoms with Crippen LogP contribution in [0.25, 0.3) is 0 Å². The molecule has 7 heteroatoms. The van der Waals surface area contributed by atoms with E-state index in [0.29, 0.717) is 26.4 Å². The Balaban J connectivity index is 4.16. The summed E-state index contributed by atoms with van der Waals surface area (Å²) < 4.78 is 15.6. The van der Waals surface area contributed by atoms with E-state index in [4.69, 9.17) is 13.9 Å². The summed E-state index contributed by atoms with van der Waals surface area (Å²) in [7, 11) is -1.50. The van der Waals surface area contributed by atoms with Crippen LogP contribution in [0.1, 0.15) is 26.7 Å². The Labute approximate surface area is 128 Å². The second-order valence-electron chi connectivity index (χ2n) is 5.58. The third-order valence-electron chi connectivity index (χ3n) is 2.49. The molecule has 0 amide bonds. The van der Waals surface area contributed by atoms with E-state index in [1.165, 1.54) is 0 Å². The molecule has 0 aliphatic carbocycles. The summed E-state index contributed by atoms with van der Waals surface area (Å²) in [6.45, 7) is 11.7. The molecule has 0 bridgehead atoms. The van der Waals surface area contributed by atoms with E-state index >= 15 is 0 Å². The minimum absolute atomic E-state index is 0.0123. The molecule has 1 atom stereocenters. The number of hydrogen-bond donors (Lipinski definition) is 1. The molecule has 0 fully saturated rings. The normalized spacial score (nSPS) is 12.8. The van der Waals surface area contributed by atoms with Crippen LogP contribution in [0.5, 0.6) is 0 Å². The van der Waals surface area contributed by atoms with Gasteiger partial charge in [-0.15, -0.1) is 0 Å². The predicted octanol–water partition coefficient (Wildman–Crippen LogP) is 1.70. The Morgan fingerprint density at radius 1 is 1.10 bits per heavy atom. The van der Waals surface area contributed by atoms with E-state index in [2.05, 4.69) is 25.0 Å². The number of hydrogen-bond acceptors (Lipinski definition) is 6. The topological polar surface area (TPSA) is 73.9 Å². The van der Waals surface area contributed by atoms with Gasteiger partial charge in [-0.05, 0) is 46.5 Å².